The minimum atomic E-state index is -0.972. The summed E-state index contributed by atoms with van der Waals surface area (Å²) in [7, 11) is 0. The second-order valence-electron chi connectivity index (χ2n) is 4.62. The first-order valence-corrected chi connectivity index (χ1v) is 4.96. The summed E-state index contributed by atoms with van der Waals surface area (Å²) in [5, 5.41) is 11.4. The fraction of sp³-hybridized carbons (Fsp3) is 0.800. The minimum Gasteiger partial charge on any atom is -0.481 e. The molecule has 0 aromatic rings. The number of carbonyl (C=O) groups is 2. The zero-order valence-corrected chi connectivity index (χ0v) is 9.70. The zero-order chi connectivity index (χ0) is 12.2. The Bertz CT molecular complexity index is 244. The summed E-state index contributed by atoms with van der Waals surface area (Å²) in [5.74, 6) is -1.84. The van der Waals surface area contributed by atoms with Crippen molar-refractivity contribution in [1.29, 1.82) is 0 Å². The second kappa shape index (κ2) is 5.11. The summed E-state index contributed by atoms with van der Waals surface area (Å²) in [6.45, 7) is 6.88. The van der Waals surface area contributed by atoms with E-state index in [0.29, 0.717) is 0 Å². The van der Waals surface area contributed by atoms with E-state index in [4.69, 9.17) is 10.8 Å². The lowest BCUT2D eigenvalue weighted by atomic mass is 9.95. The molecule has 0 aliphatic rings. The molecular formula is C10H20N2O3. The molecule has 1 unspecified atom stereocenters. The Balaban J connectivity index is 4.24. The Morgan fingerprint density at radius 1 is 1.40 bits per heavy atom. The quantitative estimate of drug-likeness (QED) is 0.612. The first-order chi connectivity index (χ1) is 6.66. The third-order valence-electron chi connectivity index (χ3n) is 2.19. The molecule has 0 spiro atoms. The second-order valence-corrected chi connectivity index (χ2v) is 4.62. The molecule has 0 aromatic heterocycles. The molecule has 15 heavy (non-hydrogen) atoms. The summed E-state index contributed by atoms with van der Waals surface area (Å²) >= 11 is 0. The van der Waals surface area contributed by atoms with Crippen molar-refractivity contribution in [1.82, 2.24) is 5.32 Å². The Kier molecular flexibility index (Phi) is 4.74. The highest BCUT2D eigenvalue weighted by atomic mass is 16.4. The van der Waals surface area contributed by atoms with Crippen LogP contribution in [0.2, 0.25) is 0 Å². The van der Waals surface area contributed by atoms with Crippen LogP contribution in [0.4, 0.5) is 0 Å². The maximum atomic E-state index is 11.4. The Morgan fingerprint density at radius 3 is 2.13 bits per heavy atom. The SMILES string of the molecule is CC(C)C(CNC(=O)C(C)(C)N)C(=O)O. The van der Waals surface area contributed by atoms with Crippen LogP contribution in [-0.2, 0) is 9.59 Å². The largest absolute Gasteiger partial charge is 0.481 e. The molecule has 5 nitrogen and oxygen atoms in total. The van der Waals surface area contributed by atoms with Crippen molar-refractivity contribution in [3.63, 3.8) is 0 Å². The van der Waals surface area contributed by atoms with E-state index in [-0.39, 0.29) is 18.4 Å². The summed E-state index contributed by atoms with van der Waals surface area (Å²) < 4.78 is 0. The highest BCUT2D eigenvalue weighted by Crippen LogP contribution is 2.10. The van der Waals surface area contributed by atoms with Gasteiger partial charge in [0, 0.05) is 6.54 Å². The average Bonchev–Trinajstić information content (AvgIpc) is 2.00. The highest BCUT2D eigenvalue weighted by molar-refractivity contribution is 5.85. The average molecular weight is 216 g/mol. The topological polar surface area (TPSA) is 92.4 Å². The van der Waals surface area contributed by atoms with E-state index in [1.54, 1.807) is 27.7 Å². The molecule has 0 radical (unpaired) electrons. The van der Waals surface area contributed by atoms with E-state index >= 15 is 0 Å². The molecule has 5 heteroatoms. The number of carboxylic acids is 1. The van der Waals surface area contributed by atoms with E-state index < -0.39 is 17.4 Å². The molecule has 0 saturated carbocycles. The smallest absolute Gasteiger partial charge is 0.308 e. The van der Waals surface area contributed by atoms with Gasteiger partial charge in [-0.1, -0.05) is 13.8 Å². The number of nitrogens with two attached hydrogens (primary N) is 1. The maximum absolute atomic E-state index is 11.4. The molecule has 0 heterocycles. The number of nitrogens with one attached hydrogen (secondary N) is 1. The van der Waals surface area contributed by atoms with Crippen LogP contribution in [0.5, 0.6) is 0 Å². The van der Waals surface area contributed by atoms with Crippen LogP contribution >= 0.6 is 0 Å². The monoisotopic (exact) mass is 216 g/mol. The number of carbonyl (C=O) groups excluding carboxylic acids is 1. The van der Waals surface area contributed by atoms with Crippen molar-refractivity contribution >= 4 is 11.9 Å². The first kappa shape index (κ1) is 13.9. The molecule has 0 saturated heterocycles. The van der Waals surface area contributed by atoms with Crippen LogP contribution in [0.15, 0.2) is 0 Å². The van der Waals surface area contributed by atoms with Gasteiger partial charge in [0.15, 0.2) is 0 Å². The molecule has 0 bridgehead atoms. The van der Waals surface area contributed by atoms with E-state index in [9.17, 15) is 9.59 Å². The number of hydrogen-bond donors (Lipinski definition) is 3. The summed E-state index contributed by atoms with van der Waals surface area (Å²) in [6, 6.07) is 0. The number of carboxylic acid groups (broad SMARTS) is 1. The number of amides is 1. The lowest BCUT2D eigenvalue weighted by Gasteiger charge is -2.21. The van der Waals surface area contributed by atoms with Crippen molar-refractivity contribution in [2.75, 3.05) is 6.54 Å². The van der Waals surface area contributed by atoms with E-state index in [0.717, 1.165) is 0 Å². The van der Waals surface area contributed by atoms with Crippen molar-refractivity contribution in [2.45, 2.75) is 33.2 Å². The number of hydrogen-bond acceptors (Lipinski definition) is 3. The number of aliphatic carboxylic acids is 1. The van der Waals surface area contributed by atoms with E-state index in [2.05, 4.69) is 5.32 Å². The molecule has 1 amide bonds. The van der Waals surface area contributed by atoms with Gasteiger partial charge in [-0.3, -0.25) is 9.59 Å². The van der Waals surface area contributed by atoms with Gasteiger partial charge < -0.3 is 16.2 Å². The third kappa shape index (κ3) is 4.78. The van der Waals surface area contributed by atoms with Crippen LogP contribution in [0.1, 0.15) is 27.7 Å². The summed E-state index contributed by atoms with van der Waals surface area (Å²) in [6.07, 6.45) is 0. The third-order valence-corrected chi connectivity index (χ3v) is 2.19. The molecule has 0 fully saturated rings. The molecule has 4 N–H and O–H groups in total. The van der Waals surface area contributed by atoms with Gasteiger partial charge in [0.2, 0.25) is 5.91 Å². The molecule has 0 rings (SSSR count). The first-order valence-electron chi connectivity index (χ1n) is 4.96. The van der Waals surface area contributed by atoms with Gasteiger partial charge in [-0.25, -0.2) is 0 Å². The fourth-order valence-corrected chi connectivity index (χ4v) is 1.04. The Labute approximate surface area is 90.0 Å². The van der Waals surface area contributed by atoms with Crippen LogP contribution in [-0.4, -0.2) is 29.1 Å². The molecular weight excluding hydrogens is 196 g/mol. The van der Waals surface area contributed by atoms with Crippen molar-refractivity contribution in [3.05, 3.63) is 0 Å². The Morgan fingerprint density at radius 2 is 1.87 bits per heavy atom. The highest BCUT2D eigenvalue weighted by Gasteiger charge is 2.26. The standard InChI is InChI=1S/C10H20N2O3/c1-6(2)7(8(13)14)5-12-9(15)10(3,4)11/h6-7H,5,11H2,1-4H3,(H,12,15)(H,13,14). The number of rotatable bonds is 5. The van der Waals surface area contributed by atoms with Crippen molar-refractivity contribution in [3.8, 4) is 0 Å². The van der Waals surface area contributed by atoms with Gasteiger partial charge in [0.05, 0.1) is 11.5 Å². The lowest BCUT2D eigenvalue weighted by molar-refractivity contribution is -0.143. The van der Waals surface area contributed by atoms with Crippen molar-refractivity contribution < 1.29 is 14.7 Å². The van der Waals surface area contributed by atoms with Crippen LogP contribution in [0.25, 0.3) is 0 Å². The molecule has 0 aromatic carbocycles. The lowest BCUT2D eigenvalue weighted by Crippen LogP contribution is -2.51. The fourth-order valence-electron chi connectivity index (χ4n) is 1.04. The predicted molar refractivity (Wildman–Crippen MR) is 57.2 cm³/mol. The van der Waals surface area contributed by atoms with E-state index in [1.807, 2.05) is 0 Å². The van der Waals surface area contributed by atoms with Gasteiger partial charge in [-0.2, -0.15) is 0 Å². The molecule has 0 aliphatic carbocycles. The molecule has 88 valence electrons. The molecule has 0 aliphatic heterocycles. The zero-order valence-electron chi connectivity index (χ0n) is 9.70. The maximum Gasteiger partial charge on any atom is 0.308 e. The molecule has 1 atom stereocenters. The summed E-state index contributed by atoms with van der Waals surface area (Å²) in [4.78, 5) is 22.2. The van der Waals surface area contributed by atoms with Gasteiger partial charge >= 0.3 is 5.97 Å². The van der Waals surface area contributed by atoms with Gasteiger partial charge in [-0.15, -0.1) is 0 Å². The van der Waals surface area contributed by atoms with Crippen molar-refractivity contribution in [2.24, 2.45) is 17.6 Å². The van der Waals surface area contributed by atoms with Gasteiger partial charge in [-0.05, 0) is 19.8 Å². The van der Waals surface area contributed by atoms with Gasteiger partial charge in [0.1, 0.15) is 0 Å². The van der Waals surface area contributed by atoms with Crippen LogP contribution in [0.3, 0.4) is 0 Å². The normalized spacial score (nSPS) is 13.7. The van der Waals surface area contributed by atoms with Crippen LogP contribution in [0, 0.1) is 11.8 Å². The Hall–Kier alpha value is -1.10. The summed E-state index contributed by atoms with van der Waals surface area (Å²) in [5.41, 5.74) is 4.59. The minimum absolute atomic E-state index is 0.0244. The van der Waals surface area contributed by atoms with E-state index in [1.165, 1.54) is 0 Å². The predicted octanol–water partition coefficient (Wildman–Crippen LogP) is 0.197. The van der Waals surface area contributed by atoms with Gasteiger partial charge in [0.25, 0.3) is 0 Å². The van der Waals surface area contributed by atoms with Crippen LogP contribution < -0.4 is 11.1 Å².